The predicted octanol–water partition coefficient (Wildman–Crippen LogP) is -1.45. The minimum atomic E-state index is -1.91. The maximum atomic E-state index is 11.0. The molecule has 0 bridgehead atoms. The van der Waals surface area contributed by atoms with E-state index in [0.717, 1.165) is 6.92 Å². The van der Waals surface area contributed by atoms with Crippen molar-refractivity contribution in [2.45, 2.75) is 18.9 Å². The Hall–Kier alpha value is -1.14. The molecule has 0 saturated heterocycles. The van der Waals surface area contributed by atoms with E-state index in [2.05, 4.69) is 10.6 Å². The van der Waals surface area contributed by atoms with Crippen LogP contribution in [0.2, 0.25) is 0 Å². The van der Waals surface area contributed by atoms with Crippen LogP contribution in [0, 0.1) is 0 Å². The van der Waals surface area contributed by atoms with E-state index in [-0.39, 0.29) is 18.9 Å². The van der Waals surface area contributed by atoms with E-state index in [4.69, 9.17) is 5.11 Å². The van der Waals surface area contributed by atoms with Gasteiger partial charge in [-0.2, -0.15) is 0 Å². The minimum absolute atomic E-state index is 0.256. The maximum absolute atomic E-state index is 11.0. The average molecular weight is 204 g/mol. The molecule has 0 aliphatic heterocycles. The van der Waals surface area contributed by atoms with Gasteiger partial charge in [0.2, 0.25) is 5.91 Å². The summed E-state index contributed by atoms with van der Waals surface area (Å²) >= 11 is 0. The first-order valence-corrected chi connectivity index (χ1v) is 4.27. The molecule has 0 spiro atoms. The summed E-state index contributed by atoms with van der Waals surface area (Å²) in [6.07, 6.45) is 0.256. The third kappa shape index (κ3) is 4.78. The lowest BCUT2D eigenvalue weighted by Crippen LogP contribution is -2.46. The first-order valence-electron chi connectivity index (χ1n) is 4.27. The predicted molar refractivity (Wildman–Crippen MR) is 49.8 cm³/mol. The summed E-state index contributed by atoms with van der Waals surface area (Å²) in [5.41, 5.74) is -1.91. The molecule has 0 aromatic rings. The van der Waals surface area contributed by atoms with Crippen molar-refractivity contribution in [3.63, 3.8) is 0 Å². The van der Waals surface area contributed by atoms with Crippen LogP contribution in [0.1, 0.15) is 13.3 Å². The van der Waals surface area contributed by atoms with E-state index in [1.165, 1.54) is 0 Å². The molecule has 82 valence electrons. The summed E-state index contributed by atoms with van der Waals surface area (Å²) in [6.45, 7) is 1.36. The van der Waals surface area contributed by atoms with Crippen LogP contribution in [0.15, 0.2) is 0 Å². The second kappa shape index (κ2) is 5.56. The smallest absolute Gasteiger partial charge is 0.337 e. The van der Waals surface area contributed by atoms with E-state index in [0.29, 0.717) is 6.54 Å². The van der Waals surface area contributed by atoms with Crippen LogP contribution in [0.3, 0.4) is 0 Å². The summed E-state index contributed by atoms with van der Waals surface area (Å²) in [5.74, 6) is -1.65. The van der Waals surface area contributed by atoms with Crippen molar-refractivity contribution in [2.24, 2.45) is 0 Å². The van der Waals surface area contributed by atoms with Gasteiger partial charge in [-0.15, -0.1) is 0 Å². The van der Waals surface area contributed by atoms with Crippen LogP contribution in [0.25, 0.3) is 0 Å². The lowest BCUT2D eigenvalue weighted by Gasteiger charge is -2.18. The molecular weight excluding hydrogens is 188 g/mol. The van der Waals surface area contributed by atoms with E-state index >= 15 is 0 Å². The molecule has 0 rings (SSSR count). The van der Waals surface area contributed by atoms with Crippen LogP contribution >= 0.6 is 0 Å². The monoisotopic (exact) mass is 204 g/mol. The van der Waals surface area contributed by atoms with Gasteiger partial charge in [-0.05, 0) is 14.0 Å². The zero-order chi connectivity index (χ0) is 11.2. The number of carbonyl (C=O) groups excluding carboxylic acids is 1. The van der Waals surface area contributed by atoms with Crippen molar-refractivity contribution < 1.29 is 19.8 Å². The lowest BCUT2D eigenvalue weighted by atomic mass is 10.1. The topological polar surface area (TPSA) is 98.7 Å². The SMILES string of the molecule is CNCCC(=O)NCC(C)(O)C(=O)O. The number of aliphatic carboxylic acids is 1. The Kier molecular flexibility index (Phi) is 5.11. The normalized spacial score (nSPS) is 14.5. The first kappa shape index (κ1) is 12.9. The van der Waals surface area contributed by atoms with Gasteiger partial charge in [0, 0.05) is 13.0 Å². The summed E-state index contributed by atoms with van der Waals surface area (Å²) in [6, 6.07) is 0. The van der Waals surface area contributed by atoms with Gasteiger partial charge in [0.25, 0.3) is 0 Å². The second-order valence-corrected chi connectivity index (χ2v) is 3.21. The molecule has 4 N–H and O–H groups in total. The molecule has 1 atom stereocenters. The fraction of sp³-hybridized carbons (Fsp3) is 0.750. The maximum Gasteiger partial charge on any atom is 0.337 e. The summed E-state index contributed by atoms with van der Waals surface area (Å²) < 4.78 is 0. The third-order valence-electron chi connectivity index (χ3n) is 1.69. The fourth-order valence-corrected chi connectivity index (χ4v) is 0.673. The molecule has 6 heteroatoms. The van der Waals surface area contributed by atoms with Gasteiger partial charge in [0.15, 0.2) is 5.60 Å². The van der Waals surface area contributed by atoms with Crippen molar-refractivity contribution >= 4 is 11.9 Å². The Morgan fingerprint density at radius 3 is 2.43 bits per heavy atom. The molecule has 0 aliphatic rings. The molecule has 0 aliphatic carbocycles. The van der Waals surface area contributed by atoms with Crippen molar-refractivity contribution in [2.75, 3.05) is 20.1 Å². The number of hydrogen-bond acceptors (Lipinski definition) is 4. The Balaban J connectivity index is 3.82. The van der Waals surface area contributed by atoms with E-state index in [9.17, 15) is 14.7 Å². The average Bonchev–Trinajstić information content (AvgIpc) is 2.11. The number of carboxylic acid groups (broad SMARTS) is 1. The van der Waals surface area contributed by atoms with Crippen LogP contribution < -0.4 is 10.6 Å². The van der Waals surface area contributed by atoms with Gasteiger partial charge in [0.1, 0.15) is 0 Å². The van der Waals surface area contributed by atoms with Gasteiger partial charge >= 0.3 is 5.97 Å². The number of aliphatic hydroxyl groups is 1. The molecule has 1 unspecified atom stereocenters. The van der Waals surface area contributed by atoms with Crippen molar-refractivity contribution in [3.05, 3.63) is 0 Å². The molecule has 0 radical (unpaired) electrons. The van der Waals surface area contributed by atoms with Crippen molar-refractivity contribution in [3.8, 4) is 0 Å². The number of nitrogens with one attached hydrogen (secondary N) is 2. The van der Waals surface area contributed by atoms with E-state index < -0.39 is 11.6 Å². The molecule has 0 aromatic heterocycles. The number of rotatable bonds is 6. The highest BCUT2D eigenvalue weighted by atomic mass is 16.4. The van der Waals surface area contributed by atoms with Gasteiger partial charge < -0.3 is 20.8 Å². The number of amides is 1. The lowest BCUT2D eigenvalue weighted by molar-refractivity contribution is -0.156. The van der Waals surface area contributed by atoms with Gasteiger partial charge in [0.05, 0.1) is 6.54 Å². The highest BCUT2D eigenvalue weighted by Crippen LogP contribution is 2.00. The van der Waals surface area contributed by atoms with Crippen molar-refractivity contribution in [1.29, 1.82) is 0 Å². The second-order valence-electron chi connectivity index (χ2n) is 3.21. The summed E-state index contributed by atoms with van der Waals surface area (Å²) in [4.78, 5) is 21.5. The van der Waals surface area contributed by atoms with Crippen LogP contribution in [-0.4, -0.2) is 47.8 Å². The van der Waals surface area contributed by atoms with Crippen molar-refractivity contribution in [1.82, 2.24) is 10.6 Å². The summed E-state index contributed by atoms with van der Waals surface area (Å²) in [5, 5.41) is 22.9. The van der Waals surface area contributed by atoms with Gasteiger partial charge in [-0.1, -0.05) is 0 Å². The molecule has 1 amide bonds. The number of carbonyl (C=O) groups is 2. The summed E-state index contributed by atoms with van der Waals surface area (Å²) in [7, 11) is 1.71. The van der Waals surface area contributed by atoms with Gasteiger partial charge in [-0.3, -0.25) is 4.79 Å². The zero-order valence-electron chi connectivity index (χ0n) is 8.33. The number of carboxylic acids is 1. The first-order chi connectivity index (χ1) is 6.40. The van der Waals surface area contributed by atoms with E-state index in [1.807, 2.05) is 0 Å². The largest absolute Gasteiger partial charge is 0.479 e. The Morgan fingerprint density at radius 1 is 1.43 bits per heavy atom. The molecular formula is C8H16N2O4. The Labute approximate surface area is 82.3 Å². The minimum Gasteiger partial charge on any atom is -0.479 e. The molecule has 0 saturated carbocycles. The standard InChI is InChI=1S/C8H16N2O4/c1-8(14,7(12)13)5-10-6(11)3-4-9-2/h9,14H,3-5H2,1-2H3,(H,10,11)(H,12,13). The fourth-order valence-electron chi connectivity index (χ4n) is 0.673. The quantitative estimate of drug-likeness (QED) is 0.424. The van der Waals surface area contributed by atoms with Gasteiger partial charge in [-0.25, -0.2) is 4.79 Å². The Bertz CT molecular complexity index is 215. The zero-order valence-corrected chi connectivity index (χ0v) is 8.33. The van der Waals surface area contributed by atoms with Crippen LogP contribution in [-0.2, 0) is 9.59 Å². The van der Waals surface area contributed by atoms with E-state index in [1.54, 1.807) is 7.05 Å². The van der Waals surface area contributed by atoms with Crippen LogP contribution in [0.4, 0.5) is 0 Å². The highest BCUT2D eigenvalue weighted by Gasteiger charge is 2.29. The molecule has 0 aromatic carbocycles. The van der Waals surface area contributed by atoms with Crippen LogP contribution in [0.5, 0.6) is 0 Å². The molecule has 6 nitrogen and oxygen atoms in total. The Morgan fingerprint density at radius 2 is 2.00 bits per heavy atom. The molecule has 0 fully saturated rings. The highest BCUT2D eigenvalue weighted by molar-refractivity contribution is 5.80. The number of hydrogen-bond donors (Lipinski definition) is 4. The molecule has 0 heterocycles. The molecule has 14 heavy (non-hydrogen) atoms. The third-order valence-corrected chi connectivity index (χ3v) is 1.69.